The summed E-state index contributed by atoms with van der Waals surface area (Å²) in [5.41, 5.74) is 1.20. The number of nitrogens with zero attached hydrogens (tertiary/aromatic N) is 1. The van der Waals surface area contributed by atoms with Gasteiger partial charge in [-0.3, -0.25) is 4.90 Å². The molecule has 0 aliphatic carbocycles. The molecule has 5 nitrogen and oxygen atoms in total. The minimum absolute atomic E-state index is 0.0358. The van der Waals surface area contributed by atoms with E-state index in [0.29, 0.717) is 18.7 Å². The van der Waals surface area contributed by atoms with E-state index in [0.717, 1.165) is 58.3 Å². The quantitative estimate of drug-likeness (QED) is 0.736. The lowest BCUT2D eigenvalue weighted by Gasteiger charge is -2.32. The first-order chi connectivity index (χ1) is 10.1. The Hall–Kier alpha value is -1.07. The van der Waals surface area contributed by atoms with Crippen molar-refractivity contribution >= 4 is 6.03 Å². The molecule has 2 aliphatic heterocycles. The van der Waals surface area contributed by atoms with Gasteiger partial charge in [0, 0.05) is 38.8 Å². The highest BCUT2D eigenvalue weighted by Gasteiger charge is 2.20. The summed E-state index contributed by atoms with van der Waals surface area (Å²) < 4.78 is 5.54. The first-order valence-electron chi connectivity index (χ1n) is 8.16. The predicted molar refractivity (Wildman–Crippen MR) is 84.4 cm³/mol. The summed E-state index contributed by atoms with van der Waals surface area (Å²) in [6.07, 6.45) is 5.59. The first-order valence-corrected chi connectivity index (χ1v) is 8.16. The second kappa shape index (κ2) is 8.39. The Morgan fingerprint density at radius 2 is 2.10 bits per heavy atom. The van der Waals surface area contributed by atoms with E-state index in [9.17, 15) is 4.79 Å². The van der Waals surface area contributed by atoms with Gasteiger partial charge in [0.15, 0.2) is 0 Å². The molecule has 0 unspecified atom stereocenters. The van der Waals surface area contributed by atoms with Crippen LogP contribution in [-0.4, -0.2) is 55.9 Å². The Kier molecular flexibility index (Phi) is 6.51. The van der Waals surface area contributed by atoms with E-state index in [1.165, 1.54) is 5.57 Å². The number of amides is 2. The van der Waals surface area contributed by atoms with Gasteiger partial charge in [0.1, 0.15) is 0 Å². The lowest BCUT2D eigenvalue weighted by Crippen LogP contribution is -2.48. The highest BCUT2D eigenvalue weighted by atomic mass is 16.5. The van der Waals surface area contributed by atoms with Gasteiger partial charge in [-0.1, -0.05) is 12.2 Å². The molecule has 0 saturated carbocycles. The van der Waals surface area contributed by atoms with Crippen molar-refractivity contribution in [3.8, 4) is 0 Å². The predicted octanol–water partition coefficient (Wildman–Crippen LogP) is 1.90. The van der Waals surface area contributed by atoms with Crippen molar-refractivity contribution in [2.45, 2.75) is 51.2 Å². The third kappa shape index (κ3) is 6.06. The van der Waals surface area contributed by atoms with Crippen LogP contribution in [0.5, 0.6) is 0 Å². The third-order valence-electron chi connectivity index (χ3n) is 4.19. The minimum atomic E-state index is -0.0358. The van der Waals surface area contributed by atoms with Crippen LogP contribution in [0.4, 0.5) is 4.79 Å². The molecule has 2 saturated heterocycles. The van der Waals surface area contributed by atoms with Crippen LogP contribution in [0.2, 0.25) is 0 Å². The van der Waals surface area contributed by atoms with Gasteiger partial charge in [-0.25, -0.2) is 4.79 Å². The Morgan fingerprint density at radius 3 is 2.71 bits per heavy atom. The molecule has 0 spiro atoms. The van der Waals surface area contributed by atoms with Crippen molar-refractivity contribution in [3.05, 3.63) is 12.2 Å². The molecule has 21 heavy (non-hydrogen) atoms. The molecule has 0 aromatic heterocycles. The summed E-state index contributed by atoms with van der Waals surface area (Å²) in [5.74, 6) is 0. The monoisotopic (exact) mass is 295 g/mol. The number of likely N-dealkylation sites (tertiary alicyclic amines) is 1. The SMILES string of the molecule is C=C(C)CN1CCC(NC(=O)NCC[C@H]2CCCO2)CC1. The number of piperidine rings is 1. The third-order valence-corrected chi connectivity index (χ3v) is 4.19. The van der Waals surface area contributed by atoms with Gasteiger partial charge in [-0.15, -0.1) is 0 Å². The molecule has 2 rings (SSSR count). The number of ether oxygens (including phenoxy) is 1. The molecule has 1 atom stereocenters. The molecule has 2 amide bonds. The Morgan fingerprint density at radius 1 is 1.33 bits per heavy atom. The van der Waals surface area contributed by atoms with Crippen molar-refractivity contribution in [2.75, 3.05) is 32.8 Å². The summed E-state index contributed by atoms with van der Waals surface area (Å²) in [6.45, 7) is 10.6. The summed E-state index contributed by atoms with van der Waals surface area (Å²) in [5, 5.41) is 6.02. The van der Waals surface area contributed by atoms with E-state index in [1.807, 2.05) is 0 Å². The van der Waals surface area contributed by atoms with Gasteiger partial charge in [-0.05, 0) is 39.0 Å². The summed E-state index contributed by atoms with van der Waals surface area (Å²) >= 11 is 0. The number of hydrogen-bond acceptors (Lipinski definition) is 3. The van der Waals surface area contributed by atoms with E-state index >= 15 is 0 Å². The number of rotatable bonds is 6. The molecule has 0 aromatic carbocycles. The second-order valence-electron chi connectivity index (χ2n) is 6.33. The van der Waals surface area contributed by atoms with Crippen LogP contribution in [0.15, 0.2) is 12.2 Å². The molecule has 0 radical (unpaired) electrons. The number of carbonyl (C=O) groups is 1. The lowest BCUT2D eigenvalue weighted by molar-refractivity contribution is 0.104. The molecule has 2 heterocycles. The topological polar surface area (TPSA) is 53.6 Å². The standard InChI is InChI=1S/C16H29N3O2/c1-13(2)12-19-9-6-14(7-10-19)18-16(20)17-8-5-15-4-3-11-21-15/h14-15H,1,3-12H2,2H3,(H2,17,18,20)/t15-/m1/s1. The molecular weight excluding hydrogens is 266 g/mol. The van der Waals surface area contributed by atoms with Crippen molar-refractivity contribution in [1.29, 1.82) is 0 Å². The van der Waals surface area contributed by atoms with E-state index in [4.69, 9.17) is 4.74 Å². The molecule has 0 bridgehead atoms. The Bertz CT molecular complexity index is 345. The Balaban J connectivity index is 1.55. The van der Waals surface area contributed by atoms with Crippen LogP contribution < -0.4 is 10.6 Å². The van der Waals surface area contributed by atoms with Crippen molar-refractivity contribution < 1.29 is 9.53 Å². The van der Waals surface area contributed by atoms with E-state index < -0.39 is 0 Å². The zero-order chi connectivity index (χ0) is 15.1. The minimum Gasteiger partial charge on any atom is -0.378 e. The first kappa shape index (κ1) is 16.3. The molecule has 2 N–H and O–H groups in total. The number of urea groups is 1. The van der Waals surface area contributed by atoms with Crippen LogP contribution in [0.25, 0.3) is 0 Å². The summed E-state index contributed by atoms with van der Waals surface area (Å²) in [7, 11) is 0. The number of nitrogens with one attached hydrogen (secondary N) is 2. The molecule has 2 aliphatic rings. The van der Waals surface area contributed by atoms with Gasteiger partial charge in [0.2, 0.25) is 0 Å². The van der Waals surface area contributed by atoms with E-state index in [1.54, 1.807) is 0 Å². The fraction of sp³-hybridized carbons (Fsp3) is 0.812. The van der Waals surface area contributed by atoms with E-state index in [2.05, 4.69) is 29.0 Å². The van der Waals surface area contributed by atoms with Gasteiger partial charge >= 0.3 is 6.03 Å². The average Bonchev–Trinajstić information content (AvgIpc) is 2.93. The molecular formula is C16H29N3O2. The maximum absolute atomic E-state index is 11.9. The zero-order valence-corrected chi connectivity index (χ0v) is 13.2. The summed E-state index contributed by atoms with van der Waals surface area (Å²) in [6, 6.07) is 0.264. The normalized spacial score (nSPS) is 24.0. The molecule has 5 heteroatoms. The Labute approximate surface area is 128 Å². The molecule has 2 fully saturated rings. The second-order valence-corrected chi connectivity index (χ2v) is 6.33. The van der Waals surface area contributed by atoms with Crippen LogP contribution in [0, 0.1) is 0 Å². The summed E-state index contributed by atoms with van der Waals surface area (Å²) in [4.78, 5) is 14.3. The van der Waals surface area contributed by atoms with Gasteiger partial charge < -0.3 is 15.4 Å². The van der Waals surface area contributed by atoms with Gasteiger partial charge in [0.05, 0.1) is 6.10 Å². The van der Waals surface area contributed by atoms with Crippen LogP contribution in [0.1, 0.15) is 39.0 Å². The largest absolute Gasteiger partial charge is 0.378 e. The lowest BCUT2D eigenvalue weighted by atomic mass is 10.0. The molecule has 120 valence electrons. The van der Waals surface area contributed by atoms with Crippen molar-refractivity contribution in [1.82, 2.24) is 15.5 Å². The molecule has 0 aromatic rings. The highest BCUT2D eigenvalue weighted by Crippen LogP contribution is 2.14. The maximum Gasteiger partial charge on any atom is 0.315 e. The van der Waals surface area contributed by atoms with E-state index in [-0.39, 0.29) is 6.03 Å². The average molecular weight is 295 g/mol. The van der Waals surface area contributed by atoms with Crippen LogP contribution >= 0.6 is 0 Å². The zero-order valence-electron chi connectivity index (χ0n) is 13.2. The highest BCUT2D eigenvalue weighted by molar-refractivity contribution is 5.74. The maximum atomic E-state index is 11.9. The fourth-order valence-corrected chi connectivity index (χ4v) is 3.07. The van der Waals surface area contributed by atoms with Crippen molar-refractivity contribution in [3.63, 3.8) is 0 Å². The van der Waals surface area contributed by atoms with Crippen LogP contribution in [-0.2, 0) is 4.74 Å². The smallest absolute Gasteiger partial charge is 0.315 e. The number of hydrogen-bond donors (Lipinski definition) is 2. The fourth-order valence-electron chi connectivity index (χ4n) is 3.07. The number of carbonyl (C=O) groups excluding carboxylic acids is 1. The van der Waals surface area contributed by atoms with Crippen LogP contribution in [0.3, 0.4) is 0 Å². The van der Waals surface area contributed by atoms with Gasteiger partial charge in [-0.2, -0.15) is 0 Å². The van der Waals surface area contributed by atoms with Crippen molar-refractivity contribution in [2.24, 2.45) is 0 Å². The van der Waals surface area contributed by atoms with Gasteiger partial charge in [0.25, 0.3) is 0 Å².